The van der Waals surface area contributed by atoms with Gasteiger partial charge >= 0.3 is 0 Å². The smallest absolute Gasteiger partial charge is 0.162 e. The van der Waals surface area contributed by atoms with Crippen molar-refractivity contribution in [2.45, 2.75) is 32.5 Å². The van der Waals surface area contributed by atoms with Crippen molar-refractivity contribution in [3.8, 4) is 0 Å². The number of hydrogen-bond donors (Lipinski definition) is 0. The Morgan fingerprint density at radius 3 is 2.47 bits per heavy atom. The van der Waals surface area contributed by atoms with Crippen molar-refractivity contribution in [1.29, 1.82) is 0 Å². The highest BCUT2D eigenvalue weighted by atomic mass is 16.7. The van der Waals surface area contributed by atoms with Crippen molar-refractivity contribution >= 4 is 5.78 Å². The summed E-state index contributed by atoms with van der Waals surface area (Å²) in [5.74, 6) is 0.215. The highest BCUT2D eigenvalue weighted by Gasteiger charge is 2.16. The topological polar surface area (TPSA) is 35.5 Å². The predicted octanol–water partition coefficient (Wildman–Crippen LogP) is 2.58. The summed E-state index contributed by atoms with van der Waals surface area (Å²) in [6.45, 7) is 3.37. The lowest BCUT2D eigenvalue weighted by Crippen LogP contribution is -2.11. The molecule has 1 fully saturated rings. The minimum atomic E-state index is -0.118. The van der Waals surface area contributed by atoms with Gasteiger partial charge in [0, 0.05) is 18.4 Å². The van der Waals surface area contributed by atoms with E-state index in [9.17, 15) is 4.79 Å². The molecule has 0 unspecified atom stereocenters. The lowest BCUT2D eigenvalue weighted by atomic mass is 10.0. The van der Waals surface area contributed by atoms with Crippen molar-refractivity contribution in [3.05, 3.63) is 35.4 Å². The Balaban J connectivity index is 1.94. The standard InChI is InChI=1S/C14H18O3/c1-2-3-13(15)12-6-4-11(5-7-12)10-14-16-8-9-17-14/h4-7,14H,2-3,8-10H2,1H3. The summed E-state index contributed by atoms with van der Waals surface area (Å²) in [7, 11) is 0. The van der Waals surface area contributed by atoms with Crippen LogP contribution in [0.5, 0.6) is 0 Å². The van der Waals surface area contributed by atoms with Gasteiger partial charge in [-0.05, 0) is 12.0 Å². The van der Waals surface area contributed by atoms with Crippen LogP contribution in [0, 0.1) is 0 Å². The molecular weight excluding hydrogens is 216 g/mol. The van der Waals surface area contributed by atoms with E-state index in [-0.39, 0.29) is 12.1 Å². The first kappa shape index (κ1) is 12.3. The van der Waals surface area contributed by atoms with Crippen molar-refractivity contribution in [2.75, 3.05) is 13.2 Å². The molecule has 0 saturated carbocycles. The second-order valence-electron chi connectivity index (χ2n) is 4.25. The molecule has 0 radical (unpaired) electrons. The SMILES string of the molecule is CCCC(=O)c1ccc(CC2OCCO2)cc1. The first-order valence-electron chi connectivity index (χ1n) is 6.15. The van der Waals surface area contributed by atoms with Crippen LogP contribution in [0.15, 0.2) is 24.3 Å². The molecule has 0 aromatic heterocycles. The van der Waals surface area contributed by atoms with Gasteiger partial charge in [-0.1, -0.05) is 31.2 Å². The van der Waals surface area contributed by atoms with Crippen LogP contribution in [0.25, 0.3) is 0 Å². The van der Waals surface area contributed by atoms with Crippen LogP contribution in [0.3, 0.4) is 0 Å². The molecule has 17 heavy (non-hydrogen) atoms. The summed E-state index contributed by atoms with van der Waals surface area (Å²) in [6, 6.07) is 7.74. The molecule has 0 amide bonds. The zero-order chi connectivity index (χ0) is 12.1. The molecule has 1 aliphatic rings. The van der Waals surface area contributed by atoms with Gasteiger partial charge in [0.1, 0.15) is 0 Å². The van der Waals surface area contributed by atoms with E-state index in [2.05, 4.69) is 0 Å². The number of carbonyl (C=O) groups is 1. The van der Waals surface area contributed by atoms with Crippen molar-refractivity contribution < 1.29 is 14.3 Å². The number of rotatable bonds is 5. The minimum absolute atomic E-state index is 0.118. The van der Waals surface area contributed by atoms with Gasteiger partial charge in [0.05, 0.1) is 13.2 Å². The Hall–Kier alpha value is -1.19. The molecule has 0 N–H and O–H groups in total. The van der Waals surface area contributed by atoms with E-state index in [1.54, 1.807) is 0 Å². The number of hydrogen-bond acceptors (Lipinski definition) is 3. The Labute approximate surface area is 102 Å². The molecule has 1 aromatic rings. The fourth-order valence-corrected chi connectivity index (χ4v) is 1.92. The average Bonchev–Trinajstić information content (AvgIpc) is 2.83. The van der Waals surface area contributed by atoms with Crippen LogP contribution < -0.4 is 0 Å². The van der Waals surface area contributed by atoms with E-state index in [4.69, 9.17) is 9.47 Å². The van der Waals surface area contributed by atoms with Crippen molar-refractivity contribution in [2.24, 2.45) is 0 Å². The van der Waals surface area contributed by atoms with Crippen LogP contribution in [0.2, 0.25) is 0 Å². The minimum Gasteiger partial charge on any atom is -0.350 e. The Bertz CT molecular complexity index is 364. The average molecular weight is 234 g/mol. The highest BCUT2D eigenvalue weighted by molar-refractivity contribution is 5.95. The van der Waals surface area contributed by atoms with Crippen LogP contribution in [-0.4, -0.2) is 25.3 Å². The molecule has 1 aliphatic heterocycles. The number of ether oxygens (including phenoxy) is 2. The summed E-state index contributed by atoms with van der Waals surface area (Å²) in [6.07, 6.45) is 2.15. The van der Waals surface area contributed by atoms with Gasteiger partial charge in [0.15, 0.2) is 12.1 Å². The van der Waals surface area contributed by atoms with Crippen LogP contribution in [0.1, 0.15) is 35.7 Å². The van der Waals surface area contributed by atoms with E-state index in [1.807, 2.05) is 31.2 Å². The van der Waals surface area contributed by atoms with Crippen molar-refractivity contribution in [1.82, 2.24) is 0 Å². The first-order valence-corrected chi connectivity index (χ1v) is 6.15. The summed E-state index contributed by atoms with van der Waals surface area (Å²) in [5.41, 5.74) is 1.94. The number of benzene rings is 1. The maximum absolute atomic E-state index is 11.7. The maximum Gasteiger partial charge on any atom is 0.162 e. The molecule has 2 rings (SSSR count). The summed E-state index contributed by atoms with van der Waals surface area (Å²) in [5, 5.41) is 0. The van der Waals surface area contributed by atoms with Gasteiger partial charge in [-0.2, -0.15) is 0 Å². The molecule has 0 spiro atoms. The molecule has 0 bridgehead atoms. The predicted molar refractivity (Wildman–Crippen MR) is 65.1 cm³/mol. The second-order valence-corrected chi connectivity index (χ2v) is 4.25. The number of carbonyl (C=O) groups excluding carboxylic acids is 1. The van der Waals surface area contributed by atoms with Crippen LogP contribution >= 0.6 is 0 Å². The third-order valence-corrected chi connectivity index (χ3v) is 2.85. The molecule has 0 atom stereocenters. The quantitative estimate of drug-likeness (QED) is 0.734. The van der Waals surface area contributed by atoms with Gasteiger partial charge in [0.25, 0.3) is 0 Å². The Morgan fingerprint density at radius 1 is 1.24 bits per heavy atom. The first-order chi connectivity index (χ1) is 8.29. The summed E-state index contributed by atoms with van der Waals surface area (Å²) < 4.78 is 10.8. The van der Waals surface area contributed by atoms with E-state index in [0.717, 1.165) is 24.0 Å². The normalized spacial score (nSPS) is 16.3. The molecule has 3 nitrogen and oxygen atoms in total. The molecular formula is C14H18O3. The lowest BCUT2D eigenvalue weighted by molar-refractivity contribution is -0.0399. The number of ketones is 1. The maximum atomic E-state index is 11.7. The van der Waals surface area contributed by atoms with Gasteiger partial charge in [-0.15, -0.1) is 0 Å². The fourth-order valence-electron chi connectivity index (χ4n) is 1.92. The van der Waals surface area contributed by atoms with Gasteiger partial charge in [-0.3, -0.25) is 4.79 Å². The third-order valence-electron chi connectivity index (χ3n) is 2.85. The summed E-state index contributed by atoms with van der Waals surface area (Å²) >= 11 is 0. The van der Waals surface area contributed by atoms with E-state index < -0.39 is 0 Å². The zero-order valence-corrected chi connectivity index (χ0v) is 10.1. The zero-order valence-electron chi connectivity index (χ0n) is 10.1. The molecule has 0 aliphatic carbocycles. The second kappa shape index (κ2) is 5.94. The van der Waals surface area contributed by atoms with E-state index >= 15 is 0 Å². The monoisotopic (exact) mass is 234 g/mol. The Kier molecular flexibility index (Phi) is 4.29. The van der Waals surface area contributed by atoms with Gasteiger partial charge in [0.2, 0.25) is 0 Å². The largest absolute Gasteiger partial charge is 0.350 e. The van der Waals surface area contributed by atoms with Crippen LogP contribution in [0.4, 0.5) is 0 Å². The summed E-state index contributed by atoms with van der Waals surface area (Å²) in [4.78, 5) is 11.7. The van der Waals surface area contributed by atoms with Gasteiger partial charge < -0.3 is 9.47 Å². The molecule has 1 aromatic carbocycles. The van der Waals surface area contributed by atoms with Crippen LogP contribution in [-0.2, 0) is 15.9 Å². The van der Waals surface area contributed by atoms with Gasteiger partial charge in [-0.25, -0.2) is 0 Å². The number of Topliss-reactive ketones (excluding diaryl/α,β-unsaturated/α-hetero) is 1. The Morgan fingerprint density at radius 2 is 1.88 bits per heavy atom. The van der Waals surface area contributed by atoms with E-state index in [0.29, 0.717) is 19.6 Å². The molecule has 1 saturated heterocycles. The molecule has 92 valence electrons. The van der Waals surface area contributed by atoms with E-state index in [1.165, 1.54) is 0 Å². The fraction of sp³-hybridized carbons (Fsp3) is 0.500. The van der Waals surface area contributed by atoms with Crippen molar-refractivity contribution in [3.63, 3.8) is 0 Å². The molecule has 1 heterocycles. The molecule has 3 heteroatoms. The third kappa shape index (κ3) is 3.38. The highest BCUT2D eigenvalue weighted by Crippen LogP contribution is 2.13. The lowest BCUT2D eigenvalue weighted by Gasteiger charge is -2.09.